The maximum atomic E-state index is 6.06. The average Bonchev–Trinajstić information content (AvgIpc) is 2.83. The summed E-state index contributed by atoms with van der Waals surface area (Å²) in [6.07, 6.45) is 1.03. The van der Waals surface area contributed by atoms with E-state index in [9.17, 15) is 0 Å². The van der Waals surface area contributed by atoms with Crippen LogP contribution in [0.15, 0.2) is 40.9 Å². The fourth-order valence-electron chi connectivity index (χ4n) is 2.32. The zero-order valence-corrected chi connectivity index (χ0v) is 15.6. The monoisotopic (exact) mass is 385 g/mol. The van der Waals surface area contributed by atoms with Crippen molar-refractivity contribution in [2.24, 2.45) is 5.92 Å². The highest BCUT2D eigenvalue weighted by Crippen LogP contribution is 2.28. The number of nitrogens with one attached hydrogen (secondary N) is 1. The Bertz CT molecular complexity index is 567. The van der Waals surface area contributed by atoms with Crippen LogP contribution < -0.4 is 5.32 Å². The van der Waals surface area contributed by atoms with Crippen molar-refractivity contribution in [3.05, 3.63) is 55.6 Å². The molecule has 0 saturated heterocycles. The quantitative estimate of drug-likeness (QED) is 0.640. The molecule has 1 unspecified atom stereocenters. The molecule has 0 amide bonds. The minimum absolute atomic E-state index is 0.468. The Morgan fingerprint density at radius 3 is 2.62 bits per heavy atom. The van der Waals surface area contributed by atoms with E-state index in [1.807, 2.05) is 6.07 Å². The van der Waals surface area contributed by atoms with Gasteiger partial charge in [0.15, 0.2) is 0 Å². The van der Waals surface area contributed by atoms with E-state index < -0.39 is 0 Å². The van der Waals surface area contributed by atoms with Gasteiger partial charge < -0.3 is 5.32 Å². The van der Waals surface area contributed by atoms with E-state index in [0.29, 0.717) is 11.8 Å². The second-order valence-corrected chi connectivity index (χ2v) is 8.43. The Morgan fingerprint density at radius 1 is 1.19 bits per heavy atom. The highest BCUT2D eigenvalue weighted by atomic mass is 79.9. The Labute approximate surface area is 144 Å². The molecule has 0 bridgehead atoms. The zero-order chi connectivity index (χ0) is 15.2. The van der Waals surface area contributed by atoms with E-state index in [-0.39, 0.29) is 0 Å². The SMILES string of the molecule is CC(C)CNCC(Cc1ccc(Cl)s1)c1cccc(Br)c1. The van der Waals surface area contributed by atoms with Crippen molar-refractivity contribution in [3.8, 4) is 0 Å². The molecular weight excluding hydrogens is 366 g/mol. The summed E-state index contributed by atoms with van der Waals surface area (Å²) in [5.41, 5.74) is 1.37. The van der Waals surface area contributed by atoms with Crippen LogP contribution in [0.3, 0.4) is 0 Å². The van der Waals surface area contributed by atoms with Gasteiger partial charge in [-0.05, 0) is 48.7 Å². The maximum Gasteiger partial charge on any atom is 0.0931 e. The molecule has 1 heterocycles. The van der Waals surface area contributed by atoms with E-state index in [2.05, 4.69) is 65.4 Å². The summed E-state index contributed by atoms with van der Waals surface area (Å²) in [6.45, 7) is 6.51. The van der Waals surface area contributed by atoms with Crippen LogP contribution in [-0.4, -0.2) is 13.1 Å². The molecule has 0 aliphatic rings. The van der Waals surface area contributed by atoms with Crippen molar-refractivity contribution in [2.45, 2.75) is 26.2 Å². The summed E-state index contributed by atoms with van der Waals surface area (Å²) in [5, 5.41) is 3.59. The Kier molecular flexibility index (Phi) is 6.74. The number of halogens is 2. The lowest BCUT2D eigenvalue weighted by molar-refractivity contribution is 0.515. The minimum atomic E-state index is 0.468. The summed E-state index contributed by atoms with van der Waals surface area (Å²) < 4.78 is 2.01. The molecule has 1 atom stereocenters. The van der Waals surface area contributed by atoms with E-state index in [1.165, 1.54) is 10.4 Å². The third-order valence-corrected chi connectivity index (χ3v) is 5.09. The molecule has 2 aromatic rings. The van der Waals surface area contributed by atoms with E-state index in [1.54, 1.807) is 11.3 Å². The molecule has 4 heteroatoms. The molecule has 2 rings (SSSR count). The third-order valence-electron chi connectivity index (χ3n) is 3.34. The molecule has 0 aliphatic carbocycles. The number of benzene rings is 1. The van der Waals surface area contributed by atoms with Gasteiger partial charge in [0.1, 0.15) is 0 Å². The van der Waals surface area contributed by atoms with Crippen LogP contribution in [-0.2, 0) is 6.42 Å². The fraction of sp³-hybridized carbons (Fsp3) is 0.412. The molecule has 1 nitrogen and oxygen atoms in total. The predicted octanol–water partition coefficient (Wildman–Crippen LogP) is 5.74. The molecule has 0 fully saturated rings. The third kappa shape index (κ3) is 5.74. The summed E-state index contributed by atoms with van der Waals surface area (Å²) >= 11 is 11.3. The van der Waals surface area contributed by atoms with Gasteiger partial charge in [-0.2, -0.15) is 0 Å². The summed E-state index contributed by atoms with van der Waals surface area (Å²) in [6, 6.07) is 12.7. The van der Waals surface area contributed by atoms with Gasteiger partial charge in [0.05, 0.1) is 4.34 Å². The van der Waals surface area contributed by atoms with Crippen LogP contribution in [0, 0.1) is 5.92 Å². The smallest absolute Gasteiger partial charge is 0.0931 e. The van der Waals surface area contributed by atoms with Crippen LogP contribution >= 0.6 is 38.9 Å². The Hall–Kier alpha value is -0.350. The summed E-state index contributed by atoms with van der Waals surface area (Å²) in [7, 11) is 0. The van der Waals surface area contributed by atoms with Crippen LogP contribution in [0.25, 0.3) is 0 Å². The summed E-state index contributed by atoms with van der Waals surface area (Å²) in [5.74, 6) is 1.14. The minimum Gasteiger partial charge on any atom is -0.316 e. The van der Waals surface area contributed by atoms with Crippen LogP contribution in [0.4, 0.5) is 0 Å². The van der Waals surface area contributed by atoms with E-state index in [0.717, 1.165) is 28.3 Å². The molecule has 0 radical (unpaired) electrons. The molecular formula is C17H21BrClNS. The standard InChI is InChI=1S/C17H21BrClNS/c1-12(2)10-20-11-14(9-16-6-7-17(19)21-16)13-4-3-5-15(18)8-13/h3-8,12,14,20H,9-11H2,1-2H3. The van der Waals surface area contributed by atoms with Crippen molar-refractivity contribution in [3.63, 3.8) is 0 Å². The molecule has 1 aromatic heterocycles. The molecule has 21 heavy (non-hydrogen) atoms. The predicted molar refractivity (Wildman–Crippen MR) is 97.6 cm³/mol. The van der Waals surface area contributed by atoms with Gasteiger partial charge in [-0.25, -0.2) is 0 Å². The van der Waals surface area contributed by atoms with Gasteiger partial charge >= 0.3 is 0 Å². The Balaban J connectivity index is 2.09. The number of hydrogen-bond donors (Lipinski definition) is 1. The highest BCUT2D eigenvalue weighted by molar-refractivity contribution is 9.10. The van der Waals surface area contributed by atoms with Gasteiger partial charge in [-0.15, -0.1) is 11.3 Å². The van der Waals surface area contributed by atoms with Crippen molar-refractivity contribution in [1.82, 2.24) is 5.32 Å². The first-order valence-corrected chi connectivity index (χ1v) is 9.23. The number of hydrogen-bond acceptors (Lipinski definition) is 2. The van der Waals surface area contributed by atoms with Gasteiger partial charge in [0.2, 0.25) is 0 Å². The van der Waals surface area contributed by atoms with Gasteiger partial charge in [0.25, 0.3) is 0 Å². The largest absolute Gasteiger partial charge is 0.316 e. The van der Waals surface area contributed by atoms with Gasteiger partial charge in [-0.3, -0.25) is 0 Å². The van der Waals surface area contributed by atoms with Crippen LogP contribution in [0.1, 0.15) is 30.2 Å². The second-order valence-electron chi connectivity index (χ2n) is 5.71. The first kappa shape index (κ1) is 17.0. The number of rotatable bonds is 7. The maximum absolute atomic E-state index is 6.06. The first-order valence-electron chi connectivity index (χ1n) is 7.25. The van der Waals surface area contributed by atoms with Crippen molar-refractivity contribution < 1.29 is 0 Å². The second kappa shape index (κ2) is 8.33. The Morgan fingerprint density at radius 2 is 2.00 bits per heavy atom. The summed E-state index contributed by atoms with van der Waals surface area (Å²) in [4.78, 5) is 1.34. The molecule has 1 aromatic carbocycles. The van der Waals surface area contributed by atoms with Crippen molar-refractivity contribution in [2.75, 3.05) is 13.1 Å². The van der Waals surface area contributed by atoms with E-state index in [4.69, 9.17) is 11.6 Å². The van der Waals surface area contributed by atoms with Crippen molar-refractivity contribution >= 4 is 38.9 Å². The zero-order valence-electron chi connectivity index (χ0n) is 12.4. The average molecular weight is 387 g/mol. The van der Waals surface area contributed by atoms with Gasteiger partial charge in [0, 0.05) is 21.8 Å². The lowest BCUT2D eigenvalue weighted by Gasteiger charge is -2.19. The van der Waals surface area contributed by atoms with Crippen LogP contribution in [0.2, 0.25) is 4.34 Å². The van der Waals surface area contributed by atoms with Crippen molar-refractivity contribution in [1.29, 1.82) is 0 Å². The first-order chi connectivity index (χ1) is 10.0. The lowest BCUT2D eigenvalue weighted by Crippen LogP contribution is -2.26. The highest BCUT2D eigenvalue weighted by Gasteiger charge is 2.14. The molecule has 1 N–H and O–H groups in total. The van der Waals surface area contributed by atoms with E-state index >= 15 is 0 Å². The van der Waals surface area contributed by atoms with Crippen LogP contribution in [0.5, 0.6) is 0 Å². The topological polar surface area (TPSA) is 12.0 Å². The molecule has 0 spiro atoms. The molecule has 114 valence electrons. The van der Waals surface area contributed by atoms with Gasteiger partial charge in [-0.1, -0.05) is 53.5 Å². The molecule has 0 saturated carbocycles. The molecule has 0 aliphatic heterocycles. The number of thiophene rings is 1. The fourth-order valence-corrected chi connectivity index (χ4v) is 3.90. The normalized spacial score (nSPS) is 12.8. The lowest BCUT2D eigenvalue weighted by atomic mass is 9.95.